The molecular formula is C38H29FO8. The van der Waals surface area contributed by atoms with Crippen molar-refractivity contribution in [1.82, 2.24) is 0 Å². The Morgan fingerprint density at radius 2 is 1.06 bits per heavy atom. The highest BCUT2D eigenvalue weighted by Gasteiger charge is 2.19. The predicted molar refractivity (Wildman–Crippen MR) is 175 cm³/mol. The third kappa shape index (κ3) is 8.23. The normalized spacial score (nSPS) is 10.3. The molecule has 236 valence electrons. The van der Waals surface area contributed by atoms with E-state index in [1.54, 1.807) is 55.5 Å². The topological polar surface area (TPSA) is 105 Å². The van der Waals surface area contributed by atoms with Crippen LogP contribution in [-0.2, 0) is 19.2 Å². The molecule has 0 N–H and O–H groups in total. The van der Waals surface area contributed by atoms with E-state index in [2.05, 4.69) is 26.3 Å². The minimum absolute atomic E-state index is 0.0202. The van der Waals surface area contributed by atoms with Crippen LogP contribution in [-0.4, -0.2) is 23.9 Å². The molecule has 4 rings (SSSR count). The third-order valence-electron chi connectivity index (χ3n) is 6.76. The zero-order chi connectivity index (χ0) is 34.1. The number of ether oxygens (including phenoxy) is 4. The van der Waals surface area contributed by atoms with Gasteiger partial charge >= 0.3 is 23.9 Å². The minimum atomic E-state index is -0.713. The van der Waals surface area contributed by atoms with Gasteiger partial charge in [0.05, 0.1) is 0 Å². The number of carbonyl (C=O) groups is 4. The molecule has 47 heavy (non-hydrogen) atoms. The number of hydrogen-bond donors (Lipinski definition) is 0. The fourth-order valence-electron chi connectivity index (χ4n) is 4.30. The Bertz CT molecular complexity index is 1920. The van der Waals surface area contributed by atoms with E-state index in [0.717, 1.165) is 18.2 Å². The van der Waals surface area contributed by atoms with Crippen LogP contribution in [0.15, 0.2) is 129 Å². The Kier molecular flexibility index (Phi) is 10.8. The predicted octanol–water partition coefficient (Wildman–Crippen LogP) is 7.97. The number of hydrogen-bond acceptors (Lipinski definition) is 8. The molecule has 0 unspecified atom stereocenters. The van der Waals surface area contributed by atoms with Gasteiger partial charge in [0, 0.05) is 52.6 Å². The summed E-state index contributed by atoms with van der Waals surface area (Å²) in [6.45, 7) is 15.6. The highest BCUT2D eigenvalue weighted by atomic mass is 19.1. The minimum Gasteiger partial charge on any atom is -0.423 e. The number of esters is 4. The second kappa shape index (κ2) is 15.1. The van der Waals surface area contributed by atoms with Gasteiger partial charge in [-0.05, 0) is 53.4 Å². The van der Waals surface area contributed by atoms with Crippen LogP contribution in [0.1, 0.15) is 13.3 Å². The summed E-state index contributed by atoms with van der Waals surface area (Å²) >= 11 is 0. The summed E-state index contributed by atoms with van der Waals surface area (Å²) in [7, 11) is 0. The molecular weight excluding hydrogens is 603 g/mol. The Labute approximate surface area is 270 Å². The lowest BCUT2D eigenvalue weighted by Gasteiger charge is -2.14. The molecule has 8 nitrogen and oxygen atoms in total. The van der Waals surface area contributed by atoms with E-state index < -0.39 is 29.7 Å². The first-order valence-electron chi connectivity index (χ1n) is 14.2. The second-order valence-corrected chi connectivity index (χ2v) is 9.81. The largest absolute Gasteiger partial charge is 0.423 e. The molecule has 0 aromatic heterocycles. The molecule has 0 heterocycles. The molecule has 0 aliphatic heterocycles. The SMILES string of the molecule is C=CC(=O)Oc1ccc(-c2ccc(-c3ccc(-c4ccc(OC(=O)C=C)cc4OC(=O)C(=C)CC)c(F)c3)cc2)c(OC(=O)C=C)c1. The lowest BCUT2D eigenvalue weighted by molar-refractivity contribution is -0.130. The van der Waals surface area contributed by atoms with Crippen molar-refractivity contribution in [2.24, 2.45) is 0 Å². The van der Waals surface area contributed by atoms with Crippen molar-refractivity contribution in [2.45, 2.75) is 13.3 Å². The van der Waals surface area contributed by atoms with E-state index in [1.165, 1.54) is 30.3 Å². The van der Waals surface area contributed by atoms with Gasteiger partial charge in [-0.1, -0.05) is 69.6 Å². The van der Waals surface area contributed by atoms with Gasteiger partial charge in [0.2, 0.25) is 0 Å². The smallest absolute Gasteiger partial charge is 0.338 e. The fourth-order valence-corrected chi connectivity index (χ4v) is 4.30. The van der Waals surface area contributed by atoms with Crippen LogP contribution in [0.5, 0.6) is 23.0 Å². The molecule has 0 saturated heterocycles. The Morgan fingerprint density at radius 1 is 0.596 bits per heavy atom. The number of benzene rings is 4. The Hall–Kier alpha value is -6.35. The van der Waals surface area contributed by atoms with E-state index in [0.29, 0.717) is 28.7 Å². The van der Waals surface area contributed by atoms with E-state index in [-0.39, 0.29) is 39.7 Å². The van der Waals surface area contributed by atoms with Gasteiger partial charge < -0.3 is 18.9 Å². The molecule has 0 spiro atoms. The summed E-state index contributed by atoms with van der Waals surface area (Å²) in [6.07, 6.45) is 3.35. The number of halogens is 1. The van der Waals surface area contributed by atoms with Crippen molar-refractivity contribution in [3.05, 3.63) is 135 Å². The van der Waals surface area contributed by atoms with Crippen molar-refractivity contribution in [2.75, 3.05) is 0 Å². The van der Waals surface area contributed by atoms with E-state index in [4.69, 9.17) is 18.9 Å². The van der Waals surface area contributed by atoms with Gasteiger partial charge in [0.25, 0.3) is 0 Å². The summed E-state index contributed by atoms with van der Waals surface area (Å²) < 4.78 is 36.9. The highest BCUT2D eigenvalue weighted by molar-refractivity contribution is 5.91. The molecule has 0 atom stereocenters. The van der Waals surface area contributed by atoms with Crippen LogP contribution in [0.3, 0.4) is 0 Å². The highest BCUT2D eigenvalue weighted by Crippen LogP contribution is 2.38. The maximum Gasteiger partial charge on any atom is 0.338 e. The third-order valence-corrected chi connectivity index (χ3v) is 6.76. The molecule has 0 aliphatic carbocycles. The van der Waals surface area contributed by atoms with Crippen molar-refractivity contribution >= 4 is 23.9 Å². The van der Waals surface area contributed by atoms with Crippen LogP contribution in [0, 0.1) is 5.82 Å². The van der Waals surface area contributed by atoms with E-state index >= 15 is 4.39 Å². The summed E-state index contributed by atoms with van der Waals surface area (Å²) in [5.41, 5.74) is 3.03. The van der Waals surface area contributed by atoms with Gasteiger partial charge in [-0.15, -0.1) is 0 Å². The van der Waals surface area contributed by atoms with Gasteiger partial charge in [0.15, 0.2) is 0 Å². The fraction of sp³-hybridized carbons (Fsp3) is 0.0526. The molecule has 0 bridgehead atoms. The van der Waals surface area contributed by atoms with Crippen LogP contribution in [0.4, 0.5) is 4.39 Å². The zero-order valence-corrected chi connectivity index (χ0v) is 25.4. The van der Waals surface area contributed by atoms with E-state index in [1.807, 2.05) is 0 Å². The van der Waals surface area contributed by atoms with Crippen LogP contribution >= 0.6 is 0 Å². The molecule has 4 aromatic rings. The summed E-state index contributed by atoms with van der Waals surface area (Å²) in [5, 5.41) is 0. The van der Waals surface area contributed by atoms with Crippen LogP contribution in [0.2, 0.25) is 0 Å². The molecule has 0 fully saturated rings. The first kappa shape index (κ1) is 33.5. The van der Waals surface area contributed by atoms with Gasteiger partial charge in [-0.25, -0.2) is 23.6 Å². The molecule has 0 saturated carbocycles. The van der Waals surface area contributed by atoms with E-state index in [9.17, 15) is 19.2 Å². The quantitative estimate of drug-likeness (QED) is 0.0880. The van der Waals surface area contributed by atoms with Crippen LogP contribution in [0.25, 0.3) is 33.4 Å². The first-order valence-corrected chi connectivity index (χ1v) is 14.2. The second-order valence-electron chi connectivity index (χ2n) is 9.81. The number of carbonyl (C=O) groups excluding carboxylic acids is 4. The van der Waals surface area contributed by atoms with Crippen LogP contribution < -0.4 is 18.9 Å². The zero-order valence-electron chi connectivity index (χ0n) is 25.4. The monoisotopic (exact) mass is 632 g/mol. The maximum absolute atomic E-state index is 15.7. The molecule has 9 heteroatoms. The van der Waals surface area contributed by atoms with Gasteiger partial charge in [-0.2, -0.15) is 0 Å². The number of rotatable bonds is 12. The first-order chi connectivity index (χ1) is 22.6. The summed E-state index contributed by atoms with van der Waals surface area (Å²) in [4.78, 5) is 47.9. The molecule has 0 aliphatic rings. The molecule has 0 amide bonds. The van der Waals surface area contributed by atoms with Gasteiger partial charge in [-0.3, -0.25) is 0 Å². The van der Waals surface area contributed by atoms with Crippen molar-refractivity contribution in [3.63, 3.8) is 0 Å². The average Bonchev–Trinajstić information content (AvgIpc) is 3.08. The molecule has 4 aromatic carbocycles. The summed E-state index contributed by atoms with van der Waals surface area (Å²) in [6, 6.07) is 20.5. The lowest BCUT2D eigenvalue weighted by Crippen LogP contribution is -2.11. The van der Waals surface area contributed by atoms with Gasteiger partial charge in [0.1, 0.15) is 28.8 Å². The molecule has 0 radical (unpaired) electrons. The maximum atomic E-state index is 15.7. The van der Waals surface area contributed by atoms with Crippen molar-refractivity contribution in [1.29, 1.82) is 0 Å². The standard InChI is InChI=1S/C38H29FO8/c1-6-23(5)38(43)47-34-22-28(45-36(41)8-3)16-19-31(34)30-17-14-26(20-32(30)39)24-10-12-25(13-11-24)29-18-15-27(44-35(40)7-2)21-33(29)46-37(42)9-4/h7-22H,2-6H2,1H3. The van der Waals surface area contributed by atoms with Crippen molar-refractivity contribution < 1.29 is 42.5 Å². The van der Waals surface area contributed by atoms with Crippen molar-refractivity contribution in [3.8, 4) is 56.4 Å². The average molecular weight is 633 g/mol. The Morgan fingerprint density at radius 3 is 1.60 bits per heavy atom. The summed E-state index contributed by atoms with van der Waals surface area (Å²) in [5.74, 6) is -3.04. The lowest BCUT2D eigenvalue weighted by atomic mass is 9.97. The Balaban J connectivity index is 1.66.